The maximum Gasteiger partial charge on any atom is 0.271 e. The molecule has 57 heavy (non-hydrogen) atoms. The number of nitro groups is 3. The predicted octanol–water partition coefficient (Wildman–Crippen LogP) is 9.16. The van der Waals surface area contributed by atoms with E-state index in [1.807, 2.05) is 39.2 Å². The van der Waals surface area contributed by atoms with E-state index >= 15 is 0 Å². The van der Waals surface area contributed by atoms with Crippen molar-refractivity contribution in [2.75, 3.05) is 83.4 Å². The highest BCUT2D eigenvalue weighted by Gasteiger charge is 2.20. The first-order chi connectivity index (χ1) is 27.1. The zero-order valence-corrected chi connectivity index (χ0v) is 34.8. The zero-order chi connectivity index (χ0) is 41.9. The first-order valence-electron chi connectivity index (χ1n) is 18.2. The Labute approximate surface area is 348 Å². The Bertz CT molecular complexity index is 1900. The Hall–Kier alpha value is -4.77. The number of likely N-dealkylation sites (N-methyl/N-ethyl adjacent to an activating group) is 1. The van der Waals surface area contributed by atoms with Gasteiger partial charge in [0.2, 0.25) is 0 Å². The van der Waals surface area contributed by atoms with Crippen LogP contribution in [0.2, 0.25) is 15.1 Å². The number of hydrogen-bond donors (Lipinski definition) is 3. The van der Waals surface area contributed by atoms with Crippen LogP contribution in [0.15, 0.2) is 84.9 Å². The number of nitro benzene ring substituents is 3. The minimum Gasteiger partial charge on any atom is -0.384 e. The lowest BCUT2D eigenvalue weighted by Crippen LogP contribution is -2.38. The molecule has 0 saturated carbocycles. The van der Waals surface area contributed by atoms with E-state index in [4.69, 9.17) is 34.8 Å². The van der Waals surface area contributed by atoms with Gasteiger partial charge in [-0.1, -0.05) is 65.1 Å². The lowest BCUT2D eigenvalue weighted by Gasteiger charge is -2.33. The van der Waals surface area contributed by atoms with Crippen LogP contribution in [0.1, 0.15) is 24.8 Å². The standard InChI is InChI=1S/C18H20ClN3O2.C11H16ClN3O2.C10H14ClN3O2/c19-17-12-16(22(23)24)6-7-18(17)20-15-8-10-21(11-9-15)13-14-4-2-1-3-5-14;1-14(2)7-3-6-13-11-5-4-9(15(16)17)8-10(11)12;1-13(2)6-5-12-10-4-3-8(14(15)16)7-9(10)11/h1-7,12,15,20H,8-11,13H2;4-5,8,13H,3,6-7H2,1-2H3;3-4,7,12H,5-6H2,1-2H3. The van der Waals surface area contributed by atoms with E-state index in [0.717, 1.165) is 76.5 Å². The van der Waals surface area contributed by atoms with Gasteiger partial charge in [0.05, 0.1) is 46.9 Å². The fourth-order valence-electron chi connectivity index (χ4n) is 5.59. The van der Waals surface area contributed by atoms with Crippen LogP contribution >= 0.6 is 34.8 Å². The Kier molecular flexibility index (Phi) is 19.7. The number of anilines is 3. The summed E-state index contributed by atoms with van der Waals surface area (Å²) in [6, 6.07) is 24.2. The lowest BCUT2D eigenvalue weighted by molar-refractivity contribution is -0.385. The van der Waals surface area contributed by atoms with Gasteiger partial charge in [0.15, 0.2) is 0 Å². The van der Waals surface area contributed by atoms with Crippen LogP contribution < -0.4 is 16.0 Å². The first kappa shape index (κ1) is 46.6. The second-order valence-corrected chi connectivity index (χ2v) is 15.0. The third-order valence-corrected chi connectivity index (χ3v) is 9.60. The van der Waals surface area contributed by atoms with Crippen molar-refractivity contribution in [3.05, 3.63) is 136 Å². The number of likely N-dealkylation sites (tertiary alicyclic amines) is 1. The summed E-state index contributed by atoms with van der Waals surface area (Å²) < 4.78 is 0. The molecule has 1 saturated heterocycles. The van der Waals surface area contributed by atoms with E-state index in [2.05, 4.69) is 50.0 Å². The first-order valence-corrected chi connectivity index (χ1v) is 19.4. The molecule has 3 N–H and O–H groups in total. The van der Waals surface area contributed by atoms with Gasteiger partial charge in [0.25, 0.3) is 17.1 Å². The lowest BCUT2D eigenvalue weighted by atomic mass is 10.0. The molecule has 0 unspecified atom stereocenters. The number of benzene rings is 4. The molecule has 0 aliphatic carbocycles. The highest BCUT2D eigenvalue weighted by molar-refractivity contribution is 6.34. The van der Waals surface area contributed by atoms with Gasteiger partial charge < -0.3 is 25.8 Å². The second-order valence-electron chi connectivity index (χ2n) is 13.8. The topological polar surface area (TPSA) is 175 Å². The summed E-state index contributed by atoms with van der Waals surface area (Å²) in [7, 11) is 7.97. The van der Waals surface area contributed by atoms with Crippen LogP contribution in [0.4, 0.5) is 34.1 Å². The normalized spacial score (nSPS) is 12.9. The van der Waals surface area contributed by atoms with Gasteiger partial charge in [-0.2, -0.15) is 0 Å². The zero-order valence-electron chi connectivity index (χ0n) is 32.5. The monoisotopic (exact) mass is 845 g/mol. The van der Waals surface area contributed by atoms with Crippen LogP contribution in [0.3, 0.4) is 0 Å². The summed E-state index contributed by atoms with van der Waals surface area (Å²) in [6.07, 6.45) is 3.04. The van der Waals surface area contributed by atoms with Crippen molar-refractivity contribution in [2.24, 2.45) is 0 Å². The molecule has 1 aliphatic heterocycles. The average Bonchev–Trinajstić information content (AvgIpc) is 3.16. The maximum atomic E-state index is 10.8. The van der Waals surface area contributed by atoms with E-state index in [1.54, 1.807) is 18.2 Å². The van der Waals surface area contributed by atoms with Crippen LogP contribution in [0.5, 0.6) is 0 Å². The fourth-order valence-corrected chi connectivity index (χ4v) is 6.30. The number of non-ortho nitro benzene ring substituents is 3. The van der Waals surface area contributed by atoms with Gasteiger partial charge in [-0.15, -0.1) is 0 Å². The van der Waals surface area contributed by atoms with Gasteiger partial charge in [0.1, 0.15) is 0 Å². The predicted molar refractivity (Wildman–Crippen MR) is 231 cm³/mol. The molecule has 1 aliphatic rings. The molecule has 0 aromatic heterocycles. The highest BCUT2D eigenvalue weighted by Crippen LogP contribution is 2.30. The number of piperidine rings is 1. The highest BCUT2D eigenvalue weighted by atomic mass is 35.5. The molecule has 15 nitrogen and oxygen atoms in total. The van der Waals surface area contributed by atoms with E-state index in [0.29, 0.717) is 26.8 Å². The van der Waals surface area contributed by atoms with Crippen molar-refractivity contribution >= 4 is 68.9 Å². The van der Waals surface area contributed by atoms with Crippen molar-refractivity contribution < 1.29 is 14.8 Å². The van der Waals surface area contributed by atoms with E-state index in [9.17, 15) is 30.3 Å². The maximum absolute atomic E-state index is 10.8. The fraction of sp³-hybridized carbons (Fsp3) is 0.385. The van der Waals surface area contributed by atoms with Crippen LogP contribution in [0, 0.1) is 30.3 Å². The van der Waals surface area contributed by atoms with Gasteiger partial charge in [0, 0.05) is 81.7 Å². The molecule has 18 heteroatoms. The third kappa shape index (κ3) is 17.1. The Balaban J connectivity index is 0.000000236. The van der Waals surface area contributed by atoms with Crippen LogP contribution in [-0.4, -0.2) is 103 Å². The van der Waals surface area contributed by atoms with Crippen molar-refractivity contribution in [3.8, 4) is 0 Å². The molecule has 0 atom stereocenters. The van der Waals surface area contributed by atoms with Crippen molar-refractivity contribution in [1.29, 1.82) is 0 Å². The average molecular weight is 847 g/mol. The second kappa shape index (κ2) is 24.1. The van der Waals surface area contributed by atoms with Crippen molar-refractivity contribution in [1.82, 2.24) is 14.7 Å². The molecular weight excluding hydrogens is 797 g/mol. The molecule has 4 aromatic carbocycles. The van der Waals surface area contributed by atoms with Gasteiger partial charge in [-0.3, -0.25) is 35.2 Å². The Morgan fingerprint density at radius 2 is 1.07 bits per heavy atom. The quantitative estimate of drug-likeness (QED) is 0.0555. The van der Waals surface area contributed by atoms with Crippen LogP contribution in [0.25, 0.3) is 0 Å². The molecule has 0 bridgehead atoms. The van der Waals surface area contributed by atoms with Gasteiger partial charge in [-0.05, 0) is 77.8 Å². The van der Waals surface area contributed by atoms with Crippen LogP contribution in [-0.2, 0) is 6.54 Å². The Morgan fingerprint density at radius 1 is 0.632 bits per heavy atom. The SMILES string of the molecule is CN(C)CCCNc1ccc([N+](=O)[O-])cc1Cl.CN(C)CCNc1ccc([N+](=O)[O-])cc1Cl.O=[N+]([O-])c1ccc(NC2CCN(Cc3ccccc3)CC2)c(Cl)c1. The minimum atomic E-state index is -0.463. The molecule has 0 amide bonds. The summed E-state index contributed by atoms with van der Waals surface area (Å²) in [4.78, 5) is 37.0. The molecular formula is C39H50Cl3N9O6. The smallest absolute Gasteiger partial charge is 0.271 e. The van der Waals surface area contributed by atoms with Gasteiger partial charge >= 0.3 is 0 Å². The van der Waals surface area contributed by atoms with Crippen molar-refractivity contribution in [2.45, 2.75) is 31.8 Å². The molecule has 308 valence electrons. The molecule has 1 fully saturated rings. The summed E-state index contributed by atoms with van der Waals surface area (Å²) in [5.74, 6) is 0. The summed E-state index contributed by atoms with van der Waals surface area (Å²) in [5, 5.41) is 42.6. The summed E-state index contributed by atoms with van der Waals surface area (Å²) in [5.41, 5.74) is 3.58. The number of halogens is 3. The van der Waals surface area contributed by atoms with E-state index in [-0.39, 0.29) is 17.1 Å². The molecule has 0 spiro atoms. The van der Waals surface area contributed by atoms with E-state index < -0.39 is 14.8 Å². The summed E-state index contributed by atoms with van der Waals surface area (Å²) in [6.45, 7) is 6.41. The third-order valence-electron chi connectivity index (χ3n) is 8.66. The molecule has 5 rings (SSSR count). The number of rotatable bonds is 16. The number of hydrogen-bond acceptors (Lipinski definition) is 12. The molecule has 4 aromatic rings. The summed E-state index contributed by atoms with van der Waals surface area (Å²) >= 11 is 18.0. The number of nitrogens with zero attached hydrogens (tertiary/aromatic N) is 6. The minimum absolute atomic E-state index is 0.00293. The van der Waals surface area contributed by atoms with Gasteiger partial charge in [-0.25, -0.2) is 0 Å². The molecule has 0 radical (unpaired) electrons. The van der Waals surface area contributed by atoms with Crippen molar-refractivity contribution in [3.63, 3.8) is 0 Å². The largest absolute Gasteiger partial charge is 0.384 e. The van der Waals surface area contributed by atoms with E-state index in [1.165, 1.54) is 42.0 Å². The Morgan fingerprint density at radius 3 is 1.49 bits per heavy atom. The number of nitrogens with one attached hydrogen (secondary N) is 3. The molecule has 1 heterocycles.